The molecular weight excluding hydrogens is 422 g/mol. The van der Waals surface area contributed by atoms with Gasteiger partial charge in [0.25, 0.3) is 0 Å². The zero-order valence-electron chi connectivity index (χ0n) is 22.8. The van der Waals surface area contributed by atoms with Crippen molar-refractivity contribution in [2.45, 2.75) is 117 Å². The topological polar surface area (TPSA) is 64.6 Å². The number of ketones is 1. The third kappa shape index (κ3) is 15.3. The molecule has 1 N–H and O–H groups in total. The van der Waals surface area contributed by atoms with E-state index in [-0.39, 0.29) is 27.3 Å². The van der Waals surface area contributed by atoms with Crippen LogP contribution in [0.3, 0.4) is 0 Å². The van der Waals surface area contributed by atoms with Crippen LogP contribution in [-0.2, 0) is 19.1 Å². The molecule has 0 aromatic rings. The van der Waals surface area contributed by atoms with E-state index in [0.717, 1.165) is 12.8 Å². The number of nitrogens with one attached hydrogen (secondary N) is 1. The number of carbonyl (C=O) groups is 2. The number of hydrogen-bond donors (Lipinski definition) is 1. The standard InChI is InChI=1S/C26H51NO4S/c1-12-26(11,31-14-13-25(9,10)32-20(2)3)16-22(29)27-17-24(7,8)19-30-18-23(5,6)15-21(4)28/h20H,12-19H2,1-11H3,(H,27,29). The highest BCUT2D eigenvalue weighted by molar-refractivity contribution is 8.01. The van der Waals surface area contributed by atoms with Crippen molar-refractivity contribution in [3.8, 4) is 0 Å². The summed E-state index contributed by atoms with van der Waals surface area (Å²) in [6, 6.07) is 0. The van der Waals surface area contributed by atoms with Gasteiger partial charge in [-0.3, -0.25) is 4.79 Å². The lowest BCUT2D eigenvalue weighted by molar-refractivity contribution is -0.129. The minimum Gasteiger partial charge on any atom is -0.380 e. The monoisotopic (exact) mass is 473 g/mol. The molecule has 0 fully saturated rings. The van der Waals surface area contributed by atoms with Crippen LogP contribution >= 0.6 is 11.8 Å². The number of hydrogen-bond acceptors (Lipinski definition) is 5. The second-order valence-corrected chi connectivity index (χ2v) is 14.3. The van der Waals surface area contributed by atoms with E-state index >= 15 is 0 Å². The summed E-state index contributed by atoms with van der Waals surface area (Å²) in [6.07, 6.45) is 2.60. The number of rotatable bonds is 17. The molecule has 1 atom stereocenters. The van der Waals surface area contributed by atoms with Gasteiger partial charge in [-0.2, -0.15) is 11.8 Å². The Kier molecular flexibility index (Phi) is 13.1. The van der Waals surface area contributed by atoms with Crippen molar-refractivity contribution in [2.75, 3.05) is 26.4 Å². The summed E-state index contributed by atoms with van der Waals surface area (Å²) >= 11 is 1.96. The summed E-state index contributed by atoms with van der Waals surface area (Å²) in [5.41, 5.74) is -0.822. The highest BCUT2D eigenvalue weighted by Gasteiger charge is 2.30. The van der Waals surface area contributed by atoms with Crippen LogP contribution in [0, 0.1) is 10.8 Å². The Labute approximate surface area is 202 Å². The fraction of sp³-hybridized carbons (Fsp3) is 0.923. The lowest BCUT2D eigenvalue weighted by Crippen LogP contribution is -2.42. The van der Waals surface area contributed by atoms with Gasteiger partial charge in [-0.1, -0.05) is 62.3 Å². The molecule has 0 aromatic heterocycles. The van der Waals surface area contributed by atoms with E-state index in [9.17, 15) is 9.59 Å². The average Bonchev–Trinajstić information content (AvgIpc) is 2.57. The van der Waals surface area contributed by atoms with Crippen LogP contribution < -0.4 is 5.32 Å². The molecule has 0 aromatic carbocycles. The SMILES string of the molecule is CCC(C)(CC(=O)NCC(C)(C)COCC(C)(C)CC(C)=O)OCCC(C)(C)SC(C)C. The van der Waals surface area contributed by atoms with E-state index in [4.69, 9.17) is 9.47 Å². The number of thioether (sulfide) groups is 1. The highest BCUT2D eigenvalue weighted by Crippen LogP contribution is 2.32. The van der Waals surface area contributed by atoms with Gasteiger partial charge in [-0.25, -0.2) is 0 Å². The van der Waals surface area contributed by atoms with Crippen molar-refractivity contribution in [1.29, 1.82) is 0 Å². The summed E-state index contributed by atoms with van der Waals surface area (Å²) in [6.45, 7) is 25.1. The Morgan fingerprint density at radius 3 is 2.00 bits per heavy atom. The van der Waals surface area contributed by atoms with Crippen molar-refractivity contribution in [3.63, 3.8) is 0 Å². The Morgan fingerprint density at radius 2 is 1.50 bits per heavy atom. The first kappa shape index (κ1) is 31.4. The van der Waals surface area contributed by atoms with Crippen molar-refractivity contribution >= 4 is 23.5 Å². The zero-order valence-corrected chi connectivity index (χ0v) is 23.6. The molecule has 32 heavy (non-hydrogen) atoms. The van der Waals surface area contributed by atoms with Crippen LogP contribution in [0.4, 0.5) is 0 Å². The van der Waals surface area contributed by atoms with Crippen LogP contribution in [0.5, 0.6) is 0 Å². The van der Waals surface area contributed by atoms with Crippen LogP contribution in [0.25, 0.3) is 0 Å². The predicted octanol–water partition coefficient (Wildman–Crippen LogP) is 6.04. The summed E-state index contributed by atoms with van der Waals surface area (Å²) < 4.78 is 12.3. The third-order valence-corrected chi connectivity index (χ3v) is 6.78. The first-order chi connectivity index (χ1) is 14.4. The van der Waals surface area contributed by atoms with Crippen molar-refractivity contribution in [3.05, 3.63) is 0 Å². The molecule has 0 saturated heterocycles. The smallest absolute Gasteiger partial charge is 0.222 e. The van der Waals surface area contributed by atoms with Crippen LogP contribution in [0.1, 0.15) is 102 Å². The van der Waals surface area contributed by atoms with Gasteiger partial charge >= 0.3 is 0 Å². The molecule has 0 aliphatic carbocycles. The quantitative estimate of drug-likeness (QED) is 0.279. The molecule has 0 radical (unpaired) electrons. The number of ether oxygens (including phenoxy) is 2. The molecule has 0 rings (SSSR count). The first-order valence-electron chi connectivity index (χ1n) is 12.1. The Hall–Kier alpha value is -0.590. The lowest BCUT2D eigenvalue weighted by atomic mass is 9.88. The van der Waals surface area contributed by atoms with Crippen molar-refractivity contribution in [2.24, 2.45) is 10.8 Å². The van der Waals surface area contributed by atoms with E-state index < -0.39 is 5.60 Å². The highest BCUT2D eigenvalue weighted by atomic mass is 32.2. The molecule has 190 valence electrons. The molecule has 0 aliphatic rings. The molecular formula is C26H51NO4S. The Bertz CT molecular complexity index is 586. The first-order valence-corrected chi connectivity index (χ1v) is 12.9. The summed E-state index contributed by atoms with van der Waals surface area (Å²) in [7, 11) is 0. The maximum Gasteiger partial charge on any atom is 0.222 e. The Morgan fingerprint density at radius 1 is 0.938 bits per heavy atom. The van der Waals surface area contributed by atoms with Gasteiger partial charge in [0.05, 0.1) is 25.2 Å². The average molecular weight is 474 g/mol. The van der Waals surface area contributed by atoms with Crippen molar-refractivity contribution in [1.82, 2.24) is 5.32 Å². The van der Waals surface area contributed by atoms with Gasteiger partial charge in [0, 0.05) is 29.7 Å². The second kappa shape index (κ2) is 13.3. The zero-order chi connectivity index (χ0) is 25.2. The fourth-order valence-corrected chi connectivity index (χ4v) is 5.12. The van der Waals surface area contributed by atoms with Gasteiger partial charge in [-0.05, 0) is 37.4 Å². The molecule has 0 aliphatic heterocycles. The Balaban J connectivity index is 4.50. The number of carbonyl (C=O) groups excluding carboxylic acids is 2. The second-order valence-electron chi connectivity index (χ2n) is 12.0. The van der Waals surface area contributed by atoms with E-state index in [0.29, 0.717) is 44.5 Å². The largest absolute Gasteiger partial charge is 0.380 e. The van der Waals surface area contributed by atoms with E-state index in [1.54, 1.807) is 6.92 Å². The minimum atomic E-state index is -0.458. The van der Waals surface area contributed by atoms with Gasteiger partial charge in [-0.15, -0.1) is 0 Å². The molecule has 0 heterocycles. The number of Topliss-reactive ketones (excluding diaryl/α,β-unsaturated/α-hetero) is 1. The van der Waals surface area contributed by atoms with E-state index in [1.807, 2.05) is 32.5 Å². The molecule has 0 spiro atoms. The van der Waals surface area contributed by atoms with Crippen LogP contribution in [0.15, 0.2) is 0 Å². The molecule has 6 heteroatoms. The van der Waals surface area contributed by atoms with Gasteiger partial charge < -0.3 is 19.6 Å². The normalized spacial score (nSPS) is 15.0. The molecule has 5 nitrogen and oxygen atoms in total. The van der Waals surface area contributed by atoms with Gasteiger partial charge in [0.15, 0.2) is 0 Å². The van der Waals surface area contributed by atoms with Crippen LogP contribution in [-0.4, -0.2) is 53.7 Å². The van der Waals surface area contributed by atoms with Crippen molar-refractivity contribution < 1.29 is 19.1 Å². The molecule has 1 amide bonds. The molecule has 0 saturated carbocycles. The van der Waals surface area contributed by atoms with Crippen LogP contribution in [0.2, 0.25) is 0 Å². The third-order valence-electron chi connectivity index (χ3n) is 5.47. The molecule has 1 unspecified atom stereocenters. The summed E-state index contributed by atoms with van der Waals surface area (Å²) in [4.78, 5) is 24.0. The maximum absolute atomic E-state index is 12.7. The maximum atomic E-state index is 12.7. The van der Waals surface area contributed by atoms with Gasteiger partial charge in [0.1, 0.15) is 5.78 Å². The van der Waals surface area contributed by atoms with E-state index in [2.05, 4.69) is 53.8 Å². The minimum absolute atomic E-state index is 0.00940. The molecule has 0 bridgehead atoms. The lowest BCUT2D eigenvalue weighted by Gasteiger charge is -2.32. The van der Waals surface area contributed by atoms with Gasteiger partial charge in [0.2, 0.25) is 5.91 Å². The predicted molar refractivity (Wildman–Crippen MR) is 137 cm³/mol. The fourth-order valence-electron chi connectivity index (χ4n) is 3.64. The summed E-state index contributed by atoms with van der Waals surface area (Å²) in [5, 5.41) is 3.65. The number of amides is 1. The summed E-state index contributed by atoms with van der Waals surface area (Å²) in [5.74, 6) is 0.184. The van der Waals surface area contributed by atoms with E-state index in [1.165, 1.54) is 0 Å².